The number of amides is 1. The molecule has 2 N–H and O–H groups in total. The van der Waals surface area contributed by atoms with Crippen LogP contribution in [0.15, 0.2) is 24.4 Å². The minimum absolute atomic E-state index is 0.0107. The molecule has 2 aromatic rings. The van der Waals surface area contributed by atoms with Crippen LogP contribution in [0.25, 0.3) is 10.9 Å². The molecule has 3 rings (SSSR count). The van der Waals surface area contributed by atoms with E-state index in [1.54, 1.807) is 6.20 Å². The van der Waals surface area contributed by atoms with E-state index in [1.807, 2.05) is 18.2 Å². The third-order valence-corrected chi connectivity index (χ3v) is 3.92. The Hall–Kier alpha value is -1.81. The van der Waals surface area contributed by atoms with E-state index in [2.05, 4.69) is 21.3 Å². The van der Waals surface area contributed by atoms with Gasteiger partial charge in [0.1, 0.15) is 0 Å². The molecule has 1 aromatic carbocycles. The van der Waals surface area contributed by atoms with E-state index in [0.29, 0.717) is 12.1 Å². The Morgan fingerprint density at radius 1 is 1.30 bits per heavy atom. The number of hydrogen-bond donors (Lipinski definition) is 2. The lowest BCUT2D eigenvalue weighted by molar-refractivity contribution is 0.0948. The Kier molecular flexibility index (Phi) is 4.02. The van der Waals surface area contributed by atoms with Crippen LogP contribution in [-0.4, -0.2) is 42.0 Å². The molecule has 1 aliphatic heterocycles. The first kappa shape index (κ1) is 13.2. The van der Waals surface area contributed by atoms with Crippen molar-refractivity contribution in [1.82, 2.24) is 15.2 Å². The molecule has 20 heavy (non-hydrogen) atoms. The van der Waals surface area contributed by atoms with Gasteiger partial charge in [0.05, 0.1) is 11.1 Å². The summed E-state index contributed by atoms with van der Waals surface area (Å²) in [7, 11) is 0. The van der Waals surface area contributed by atoms with Crippen molar-refractivity contribution in [2.75, 3.05) is 26.2 Å². The van der Waals surface area contributed by atoms with Crippen LogP contribution in [0.4, 0.5) is 0 Å². The number of nitrogens with zero attached hydrogens (tertiary/aromatic N) is 1. The van der Waals surface area contributed by atoms with Crippen molar-refractivity contribution < 1.29 is 4.79 Å². The van der Waals surface area contributed by atoms with Crippen LogP contribution >= 0.6 is 0 Å². The summed E-state index contributed by atoms with van der Waals surface area (Å²) in [5.41, 5.74) is 1.56. The van der Waals surface area contributed by atoms with E-state index in [4.69, 9.17) is 0 Å². The molecule has 4 heteroatoms. The smallest absolute Gasteiger partial charge is 0.253 e. The van der Waals surface area contributed by atoms with Gasteiger partial charge in [0.25, 0.3) is 5.91 Å². The third kappa shape index (κ3) is 2.85. The topological polar surface area (TPSA) is 48.1 Å². The largest absolute Gasteiger partial charge is 0.360 e. The maximum absolute atomic E-state index is 12.2. The number of piperidine rings is 1. The Morgan fingerprint density at radius 2 is 2.15 bits per heavy atom. The molecule has 0 spiro atoms. The first-order valence-corrected chi connectivity index (χ1v) is 7.33. The molecule has 0 bridgehead atoms. The highest BCUT2D eigenvalue weighted by atomic mass is 16.1. The zero-order chi connectivity index (χ0) is 13.8. The number of benzene rings is 1. The van der Waals surface area contributed by atoms with Crippen LogP contribution in [0, 0.1) is 6.07 Å². The van der Waals surface area contributed by atoms with Gasteiger partial charge in [-0.25, -0.2) is 0 Å². The number of para-hydroxylation sites is 1. The summed E-state index contributed by atoms with van der Waals surface area (Å²) >= 11 is 0. The fourth-order valence-corrected chi connectivity index (χ4v) is 2.81. The Bertz CT molecular complexity index is 584. The molecule has 2 heterocycles. The predicted molar refractivity (Wildman–Crippen MR) is 79.8 cm³/mol. The van der Waals surface area contributed by atoms with Crippen molar-refractivity contribution in [3.63, 3.8) is 0 Å². The summed E-state index contributed by atoms with van der Waals surface area (Å²) in [4.78, 5) is 17.7. The van der Waals surface area contributed by atoms with Gasteiger partial charge in [-0.05, 0) is 32.0 Å². The van der Waals surface area contributed by atoms with Crippen molar-refractivity contribution in [1.29, 1.82) is 0 Å². The summed E-state index contributed by atoms with van der Waals surface area (Å²) < 4.78 is 0. The van der Waals surface area contributed by atoms with Gasteiger partial charge in [0.2, 0.25) is 0 Å². The second-order valence-electron chi connectivity index (χ2n) is 5.32. The van der Waals surface area contributed by atoms with E-state index in [-0.39, 0.29) is 5.91 Å². The number of carbonyl (C=O) groups is 1. The van der Waals surface area contributed by atoms with Crippen molar-refractivity contribution >= 4 is 16.8 Å². The van der Waals surface area contributed by atoms with Gasteiger partial charge >= 0.3 is 0 Å². The van der Waals surface area contributed by atoms with Crippen molar-refractivity contribution in [3.8, 4) is 0 Å². The van der Waals surface area contributed by atoms with Crippen LogP contribution < -0.4 is 5.32 Å². The van der Waals surface area contributed by atoms with Gasteiger partial charge in [-0.1, -0.05) is 18.6 Å². The Labute approximate surface area is 119 Å². The number of H-pyrrole nitrogens is 1. The second kappa shape index (κ2) is 6.09. The molecule has 0 atom stereocenters. The molecule has 1 aliphatic rings. The monoisotopic (exact) mass is 270 g/mol. The average Bonchev–Trinajstić information content (AvgIpc) is 2.96. The van der Waals surface area contributed by atoms with E-state index >= 15 is 0 Å². The standard InChI is InChI=1S/C16H20N3O/c20-16(18-9-12-19-10-2-1-3-11-19)14-6-4-5-13-7-8-17-15(13)14/h4-6,8,17H,1-3,9-12H2,(H,18,20). The van der Waals surface area contributed by atoms with E-state index < -0.39 is 0 Å². The van der Waals surface area contributed by atoms with E-state index in [1.165, 1.54) is 19.3 Å². The molecular weight excluding hydrogens is 250 g/mol. The van der Waals surface area contributed by atoms with Crippen LogP contribution in [-0.2, 0) is 0 Å². The number of aromatic amines is 1. The first-order valence-electron chi connectivity index (χ1n) is 7.33. The fourth-order valence-electron chi connectivity index (χ4n) is 2.81. The molecule has 1 amide bonds. The lowest BCUT2D eigenvalue weighted by Gasteiger charge is -2.26. The minimum Gasteiger partial charge on any atom is -0.360 e. The van der Waals surface area contributed by atoms with Gasteiger partial charge < -0.3 is 15.2 Å². The van der Waals surface area contributed by atoms with Gasteiger partial charge in [-0.3, -0.25) is 4.79 Å². The van der Waals surface area contributed by atoms with E-state index in [0.717, 1.165) is 30.5 Å². The molecular formula is C16H20N3O. The molecule has 4 nitrogen and oxygen atoms in total. The molecule has 0 unspecified atom stereocenters. The van der Waals surface area contributed by atoms with E-state index in [9.17, 15) is 4.79 Å². The maximum atomic E-state index is 12.2. The quantitative estimate of drug-likeness (QED) is 0.894. The molecule has 0 saturated carbocycles. The molecule has 1 fully saturated rings. The summed E-state index contributed by atoms with van der Waals surface area (Å²) in [6, 6.07) is 8.78. The normalized spacial score (nSPS) is 16.4. The van der Waals surface area contributed by atoms with Gasteiger partial charge in [0.15, 0.2) is 0 Å². The van der Waals surface area contributed by atoms with Gasteiger partial charge in [-0.15, -0.1) is 0 Å². The second-order valence-corrected chi connectivity index (χ2v) is 5.32. The van der Waals surface area contributed by atoms with Crippen LogP contribution in [0.3, 0.4) is 0 Å². The maximum Gasteiger partial charge on any atom is 0.253 e. The molecule has 0 aliphatic carbocycles. The average molecular weight is 270 g/mol. The summed E-state index contributed by atoms with van der Waals surface area (Å²) in [6.45, 7) is 3.98. The number of fused-ring (bicyclic) bond motifs is 1. The van der Waals surface area contributed by atoms with Gasteiger partial charge in [-0.2, -0.15) is 0 Å². The Morgan fingerprint density at radius 3 is 3.00 bits per heavy atom. The Balaban J connectivity index is 1.57. The third-order valence-electron chi connectivity index (χ3n) is 3.92. The van der Waals surface area contributed by atoms with Crippen LogP contribution in [0.1, 0.15) is 29.6 Å². The number of hydrogen-bond acceptors (Lipinski definition) is 2. The summed E-state index contributed by atoms with van der Waals surface area (Å²) in [5, 5.41) is 3.97. The molecule has 105 valence electrons. The number of likely N-dealkylation sites (tertiary alicyclic amines) is 1. The van der Waals surface area contributed by atoms with Crippen molar-refractivity contribution in [2.24, 2.45) is 0 Å². The lowest BCUT2D eigenvalue weighted by Crippen LogP contribution is -2.37. The van der Waals surface area contributed by atoms with Crippen molar-refractivity contribution in [2.45, 2.75) is 19.3 Å². The number of aromatic nitrogens is 1. The number of nitrogens with one attached hydrogen (secondary N) is 2. The first-order chi connectivity index (χ1) is 9.84. The lowest BCUT2D eigenvalue weighted by atomic mass is 10.1. The van der Waals surface area contributed by atoms with Crippen molar-refractivity contribution in [3.05, 3.63) is 36.0 Å². The highest BCUT2D eigenvalue weighted by Crippen LogP contribution is 2.16. The zero-order valence-corrected chi connectivity index (χ0v) is 11.6. The zero-order valence-electron chi connectivity index (χ0n) is 11.6. The van der Waals surface area contributed by atoms with Crippen LogP contribution in [0.2, 0.25) is 0 Å². The molecule has 1 saturated heterocycles. The fraction of sp³-hybridized carbons (Fsp3) is 0.438. The SMILES string of the molecule is O=C(NCCN1CCCCC1)c1cccc2[c]c[nH]c12. The van der Waals surface area contributed by atoms with Gasteiger partial charge in [0, 0.05) is 30.7 Å². The summed E-state index contributed by atoms with van der Waals surface area (Å²) in [6.07, 6.45) is 5.65. The highest BCUT2D eigenvalue weighted by molar-refractivity contribution is 6.05. The molecule has 1 aromatic heterocycles. The summed E-state index contributed by atoms with van der Waals surface area (Å²) in [5.74, 6) is -0.0107. The predicted octanol–water partition coefficient (Wildman–Crippen LogP) is 2.18. The number of rotatable bonds is 4. The highest BCUT2D eigenvalue weighted by Gasteiger charge is 2.12. The minimum atomic E-state index is -0.0107. The van der Waals surface area contributed by atoms with Crippen LogP contribution in [0.5, 0.6) is 0 Å². The molecule has 1 radical (unpaired) electrons. The number of carbonyl (C=O) groups excluding carboxylic acids is 1.